The lowest BCUT2D eigenvalue weighted by molar-refractivity contribution is -0.131. The number of phosphoric ester groups is 1. The van der Waals surface area contributed by atoms with Gasteiger partial charge in [0.25, 0.3) is 0 Å². The molecule has 0 saturated carbocycles. The zero-order valence-electron chi connectivity index (χ0n) is 11.9. The monoisotopic (exact) mass is 298 g/mol. The summed E-state index contributed by atoms with van der Waals surface area (Å²) < 4.78 is 15.8. The molecule has 0 aromatic carbocycles. The molecule has 0 aromatic heterocycles. The van der Waals surface area contributed by atoms with Crippen molar-refractivity contribution in [3.8, 4) is 0 Å². The molecule has 0 radical (unpaired) electrons. The number of hydrogen-bond acceptors (Lipinski definition) is 4. The van der Waals surface area contributed by atoms with Crippen LogP contribution in [-0.4, -0.2) is 37.8 Å². The SMILES string of the molecule is CCCCCCCC(OP(=O)(O)O)(C(C)O)C(C)O. The predicted molar refractivity (Wildman–Crippen MR) is 72.6 cm³/mol. The molecule has 0 bridgehead atoms. The molecule has 0 fully saturated rings. The van der Waals surface area contributed by atoms with E-state index in [1.165, 1.54) is 13.8 Å². The molecule has 2 atom stereocenters. The third-order valence-corrected chi connectivity index (χ3v) is 3.95. The van der Waals surface area contributed by atoms with E-state index in [9.17, 15) is 14.8 Å². The number of phosphoric acid groups is 1. The van der Waals surface area contributed by atoms with Crippen LogP contribution in [0.15, 0.2) is 0 Å². The normalized spacial score (nSPS) is 18.9. The summed E-state index contributed by atoms with van der Waals surface area (Å²) in [6, 6.07) is 0. The minimum absolute atomic E-state index is 0.206. The van der Waals surface area contributed by atoms with E-state index in [1.54, 1.807) is 0 Å². The molecule has 6 nitrogen and oxygen atoms in total. The van der Waals surface area contributed by atoms with E-state index in [0.717, 1.165) is 25.7 Å². The van der Waals surface area contributed by atoms with Crippen molar-refractivity contribution in [3.63, 3.8) is 0 Å². The lowest BCUT2D eigenvalue weighted by Crippen LogP contribution is -2.51. The molecule has 2 unspecified atom stereocenters. The second kappa shape index (κ2) is 8.35. The van der Waals surface area contributed by atoms with Gasteiger partial charge in [-0.25, -0.2) is 4.57 Å². The molecule has 19 heavy (non-hydrogen) atoms. The van der Waals surface area contributed by atoms with Gasteiger partial charge < -0.3 is 20.0 Å². The Bertz CT molecular complexity index is 278. The first-order valence-corrected chi connectivity index (χ1v) is 8.31. The van der Waals surface area contributed by atoms with Gasteiger partial charge in [-0.1, -0.05) is 39.0 Å². The van der Waals surface area contributed by atoms with Gasteiger partial charge in [-0.3, -0.25) is 4.52 Å². The zero-order chi connectivity index (χ0) is 15.1. The maximum absolute atomic E-state index is 11.0. The van der Waals surface area contributed by atoms with Crippen LogP contribution in [0.25, 0.3) is 0 Å². The standard InChI is InChI=1S/C12H27O6P/c1-4-5-6-7-8-9-12(10(2)13,11(3)14)18-19(15,16)17/h10-11,13-14H,4-9H2,1-3H3,(H2,15,16,17). The molecule has 0 heterocycles. The van der Waals surface area contributed by atoms with Crippen LogP contribution in [0.2, 0.25) is 0 Å². The van der Waals surface area contributed by atoms with Crippen LogP contribution >= 0.6 is 7.82 Å². The molecule has 116 valence electrons. The number of hydrogen-bond donors (Lipinski definition) is 4. The fourth-order valence-electron chi connectivity index (χ4n) is 2.19. The molecule has 0 aliphatic rings. The van der Waals surface area contributed by atoms with E-state index in [-0.39, 0.29) is 6.42 Å². The Morgan fingerprint density at radius 1 is 1.05 bits per heavy atom. The Balaban J connectivity index is 4.70. The van der Waals surface area contributed by atoms with Crippen LogP contribution < -0.4 is 0 Å². The summed E-state index contributed by atoms with van der Waals surface area (Å²) in [6.45, 7) is 4.83. The Kier molecular flexibility index (Phi) is 8.36. The van der Waals surface area contributed by atoms with Crippen LogP contribution in [0.4, 0.5) is 0 Å². The van der Waals surface area contributed by atoms with Gasteiger partial charge in [0.05, 0.1) is 12.2 Å². The van der Waals surface area contributed by atoms with Crippen molar-refractivity contribution in [2.24, 2.45) is 0 Å². The summed E-state index contributed by atoms with van der Waals surface area (Å²) in [6.07, 6.45) is 2.57. The lowest BCUT2D eigenvalue weighted by Gasteiger charge is -2.38. The number of aliphatic hydroxyl groups is 2. The van der Waals surface area contributed by atoms with Crippen molar-refractivity contribution in [2.45, 2.75) is 77.1 Å². The van der Waals surface area contributed by atoms with Crippen molar-refractivity contribution >= 4 is 7.82 Å². The predicted octanol–water partition coefficient (Wildman–Crippen LogP) is 1.96. The average molecular weight is 298 g/mol. The van der Waals surface area contributed by atoms with Gasteiger partial charge in [-0.05, 0) is 20.3 Å². The maximum atomic E-state index is 11.0. The van der Waals surface area contributed by atoms with Crippen molar-refractivity contribution in [1.82, 2.24) is 0 Å². The highest BCUT2D eigenvalue weighted by Gasteiger charge is 2.45. The van der Waals surface area contributed by atoms with Gasteiger partial charge in [-0.15, -0.1) is 0 Å². The fraction of sp³-hybridized carbons (Fsp3) is 1.00. The molecule has 0 aromatic rings. The lowest BCUT2D eigenvalue weighted by atomic mass is 9.86. The summed E-state index contributed by atoms with van der Waals surface area (Å²) in [5, 5.41) is 19.5. The minimum Gasteiger partial charge on any atom is -0.390 e. The molecule has 0 rings (SSSR count). The molecule has 7 heteroatoms. The quantitative estimate of drug-likeness (QED) is 0.363. The highest BCUT2D eigenvalue weighted by molar-refractivity contribution is 7.46. The maximum Gasteiger partial charge on any atom is 0.470 e. The van der Waals surface area contributed by atoms with Gasteiger partial charge in [0, 0.05) is 0 Å². The van der Waals surface area contributed by atoms with E-state index in [0.29, 0.717) is 6.42 Å². The highest BCUT2D eigenvalue weighted by atomic mass is 31.2. The fourth-order valence-corrected chi connectivity index (χ4v) is 3.03. The Morgan fingerprint density at radius 3 is 1.89 bits per heavy atom. The zero-order valence-corrected chi connectivity index (χ0v) is 12.8. The van der Waals surface area contributed by atoms with Gasteiger partial charge in [0.2, 0.25) is 0 Å². The molecule has 0 spiro atoms. The third-order valence-electron chi connectivity index (χ3n) is 3.37. The molecule has 4 N–H and O–H groups in total. The summed E-state index contributed by atoms with van der Waals surface area (Å²) in [4.78, 5) is 17.9. The number of unbranched alkanes of at least 4 members (excludes halogenated alkanes) is 4. The number of aliphatic hydroxyl groups excluding tert-OH is 2. The van der Waals surface area contributed by atoms with E-state index < -0.39 is 25.6 Å². The van der Waals surface area contributed by atoms with Crippen molar-refractivity contribution in [2.75, 3.05) is 0 Å². The largest absolute Gasteiger partial charge is 0.470 e. The van der Waals surface area contributed by atoms with E-state index in [2.05, 4.69) is 6.92 Å². The smallest absolute Gasteiger partial charge is 0.390 e. The van der Waals surface area contributed by atoms with Gasteiger partial charge in [-0.2, -0.15) is 0 Å². The van der Waals surface area contributed by atoms with Gasteiger partial charge in [0.1, 0.15) is 5.60 Å². The van der Waals surface area contributed by atoms with Crippen LogP contribution in [0.1, 0.15) is 59.3 Å². The van der Waals surface area contributed by atoms with Crippen LogP contribution in [0, 0.1) is 0 Å². The van der Waals surface area contributed by atoms with Gasteiger partial charge in [0.15, 0.2) is 0 Å². The average Bonchev–Trinajstić information content (AvgIpc) is 2.24. The summed E-state index contributed by atoms with van der Waals surface area (Å²) in [5.74, 6) is 0. The summed E-state index contributed by atoms with van der Waals surface area (Å²) >= 11 is 0. The molecule has 0 amide bonds. The molecule has 0 aliphatic heterocycles. The van der Waals surface area contributed by atoms with Gasteiger partial charge >= 0.3 is 7.82 Å². The Morgan fingerprint density at radius 2 is 1.53 bits per heavy atom. The minimum atomic E-state index is -4.78. The van der Waals surface area contributed by atoms with Crippen LogP contribution in [0.5, 0.6) is 0 Å². The topological polar surface area (TPSA) is 107 Å². The molecule has 0 aliphatic carbocycles. The molecular weight excluding hydrogens is 271 g/mol. The van der Waals surface area contributed by atoms with Crippen LogP contribution in [-0.2, 0) is 9.09 Å². The van der Waals surface area contributed by atoms with E-state index in [1.807, 2.05) is 0 Å². The first-order chi connectivity index (χ1) is 8.65. The second-order valence-electron chi connectivity index (χ2n) is 5.05. The Hall–Kier alpha value is 0.0300. The van der Waals surface area contributed by atoms with E-state index in [4.69, 9.17) is 14.3 Å². The first kappa shape index (κ1) is 19.0. The molecule has 0 saturated heterocycles. The summed E-state index contributed by atoms with van der Waals surface area (Å²) in [7, 11) is -4.78. The molecular formula is C12H27O6P. The van der Waals surface area contributed by atoms with Crippen molar-refractivity contribution in [1.29, 1.82) is 0 Å². The second-order valence-corrected chi connectivity index (χ2v) is 6.22. The first-order valence-electron chi connectivity index (χ1n) is 6.78. The van der Waals surface area contributed by atoms with E-state index >= 15 is 0 Å². The van der Waals surface area contributed by atoms with Crippen molar-refractivity contribution < 1.29 is 29.1 Å². The third kappa shape index (κ3) is 6.84. The van der Waals surface area contributed by atoms with Crippen molar-refractivity contribution in [3.05, 3.63) is 0 Å². The Labute approximate surface area is 115 Å². The number of rotatable bonds is 10. The highest BCUT2D eigenvalue weighted by Crippen LogP contribution is 2.46. The van der Waals surface area contributed by atoms with Crippen LogP contribution in [0.3, 0.4) is 0 Å². The summed E-state index contributed by atoms with van der Waals surface area (Å²) in [5.41, 5.74) is -1.62.